The number of hydrogen-bond donors (Lipinski definition) is 2. The third-order valence-electron chi connectivity index (χ3n) is 6.73. The number of nitrogens with zero attached hydrogens (tertiary/aromatic N) is 3. The van der Waals surface area contributed by atoms with Crippen molar-refractivity contribution < 1.29 is 9.18 Å². The number of aromatic amines is 1. The zero-order valence-electron chi connectivity index (χ0n) is 19.4. The summed E-state index contributed by atoms with van der Waals surface area (Å²) >= 11 is 0. The molecule has 0 aliphatic carbocycles. The van der Waals surface area contributed by atoms with E-state index in [1.807, 2.05) is 39.1 Å². The first-order valence-electron chi connectivity index (χ1n) is 11.2. The van der Waals surface area contributed by atoms with Crippen LogP contribution in [0, 0.1) is 19.7 Å². The van der Waals surface area contributed by atoms with Gasteiger partial charge in [0.25, 0.3) is 11.5 Å². The number of aryl methyl sites for hydroxylation is 2. The highest BCUT2D eigenvalue weighted by Crippen LogP contribution is 2.32. The normalized spacial score (nSPS) is 18.5. The number of carbonyl (C=O) groups is 1. The largest absolute Gasteiger partial charge is 0.340 e. The van der Waals surface area contributed by atoms with Gasteiger partial charge in [0.15, 0.2) is 5.69 Å². The van der Waals surface area contributed by atoms with Crippen molar-refractivity contribution in [2.45, 2.75) is 25.8 Å². The van der Waals surface area contributed by atoms with Gasteiger partial charge in [-0.15, -0.1) is 0 Å². The molecule has 1 aliphatic heterocycles. The number of halogens is 1. The van der Waals surface area contributed by atoms with Crippen LogP contribution in [0.4, 0.5) is 4.39 Å². The van der Waals surface area contributed by atoms with Gasteiger partial charge in [0.05, 0.1) is 17.4 Å². The van der Waals surface area contributed by atoms with E-state index in [1.165, 1.54) is 22.7 Å². The molecular formula is C26H26FN5O2. The van der Waals surface area contributed by atoms with Crippen molar-refractivity contribution in [2.75, 3.05) is 20.1 Å². The summed E-state index contributed by atoms with van der Waals surface area (Å²) in [5, 5.41) is 7.53. The molecule has 1 aliphatic rings. The van der Waals surface area contributed by atoms with E-state index in [2.05, 4.69) is 20.3 Å². The Labute approximate surface area is 196 Å². The molecule has 0 bridgehead atoms. The summed E-state index contributed by atoms with van der Waals surface area (Å²) in [6.07, 6.45) is 2.41. The molecule has 1 atom stereocenters. The lowest BCUT2D eigenvalue weighted by molar-refractivity contribution is 0.0894. The number of benzene rings is 2. The van der Waals surface area contributed by atoms with Crippen LogP contribution in [0.15, 0.2) is 59.5 Å². The highest BCUT2D eigenvalue weighted by Gasteiger charge is 2.40. The summed E-state index contributed by atoms with van der Waals surface area (Å²) in [7, 11) is 1.98. The lowest BCUT2D eigenvalue weighted by Gasteiger charge is -2.30. The van der Waals surface area contributed by atoms with Gasteiger partial charge in [0.1, 0.15) is 11.3 Å². The Hall–Kier alpha value is -3.78. The van der Waals surface area contributed by atoms with Gasteiger partial charge in [0.2, 0.25) is 0 Å². The average Bonchev–Trinajstić information content (AvgIpc) is 3.41. The third-order valence-corrected chi connectivity index (χ3v) is 6.73. The van der Waals surface area contributed by atoms with Crippen LogP contribution in [0.25, 0.3) is 16.8 Å². The SMILES string of the molecule is Cc1ccc(-c2cn3nc(C(=O)NC4(c5ccc(F)cc5)CCN(C)C4)cc3c(=O)[nH]2)cc1C. The van der Waals surface area contributed by atoms with Crippen molar-refractivity contribution in [1.29, 1.82) is 0 Å². The molecular weight excluding hydrogens is 433 g/mol. The van der Waals surface area contributed by atoms with Crippen LogP contribution in [0.3, 0.4) is 0 Å². The minimum Gasteiger partial charge on any atom is -0.340 e. The summed E-state index contributed by atoms with van der Waals surface area (Å²) in [6.45, 7) is 5.44. The predicted octanol–water partition coefficient (Wildman–Crippen LogP) is 3.41. The van der Waals surface area contributed by atoms with Crippen molar-refractivity contribution in [3.8, 4) is 11.3 Å². The Morgan fingerprint density at radius 2 is 1.88 bits per heavy atom. The third kappa shape index (κ3) is 3.90. The molecule has 3 heterocycles. The quantitative estimate of drug-likeness (QED) is 0.490. The van der Waals surface area contributed by atoms with Crippen LogP contribution in [-0.2, 0) is 5.54 Å². The molecule has 2 aromatic carbocycles. The number of aromatic nitrogens is 3. The average molecular weight is 460 g/mol. The first kappa shape index (κ1) is 22.0. The molecule has 1 unspecified atom stereocenters. The number of likely N-dealkylation sites (N-methyl/N-ethyl adjacent to an activating group) is 1. The van der Waals surface area contributed by atoms with Gasteiger partial charge in [-0.05, 0) is 67.8 Å². The van der Waals surface area contributed by atoms with Crippen LogP contribution >= 0.6 is 0 Å². The topological polar surface area (TPSA) is 82.5 Å². The summed E-state index contributed by atoms with van der Waals surface area (Å²) in [5.74, 6) is -0.703. The zero-order chi connectivity index (χ0) is 24.0. The lowest BCUT2D eigenvalue weighted by Crippen LogP contribution is -2.47. The minimum absolute atomic E-state index is 0.152. The second kappa shape index (κ2) is 8.22. The zero-order valence-corrected chi connectivity index (χ0v) is 19.4. The number of fused-ring (bicyclic) bond motifs is 1. The van der Waals surface area contributed by atoms with E-state index < -0.39 is 5.54 Å². The van der Waals surface area contributed by atoms with E-state index in [9.17, 15) is 14.0 Å². The fraction of sp³-hybridized carbons (Fsp3) is 0.269. The molecule has 1 amide bonds. The smallest absolute Gasteiger partial charge is 0.274 e. The van der Waals surface area contributed by atoms with Gasteiger partial charge in [-0.2, -0.15) is 5.10 Å². The van der Waals surface area contributed by atoms with Crippen molar-refractivity contribution in [3.05, 3.63) is 93.3 Å². The monoisotopic (exact) mass is 459 g/mol. The Kier molecular flexibility index (Phi) is 5.32. The number of rotatable bonds is 4. The van der Waals surface area contributed by atoms with Crippen LogP contribution in [0.2, 0.25) is 0 Å². The van der Waals surface area contributed by atoms with Crippen molar-refractivity contribution in [1.82, 2.24) is 24.8 Å². The molecule has 34 heavy (non-hydrogen) atoms. The van der Waals surface area contributed by atoms with Crippen molar-refractivity contribution >= 4 is 11.4 Å². The molecule has 174 valence electrons. The van der Waals surface area contributed by atoms with Crippen LogP contribution in [0.1, 0.15) is 33.6 Å². The molecule has 0 saturated carbocycles. The van der Waals surface area contributed by atoms with Gasteiger partial charge < -0.3 is 15.2 Å². The highest BCUT2D eigenvalue weighted by atomic mass is 19.1. The van der Waals surface area contributed by atoms with Gasteiger partial charge in [0, 0.05) is 19.2 Å². The van der Waals surface area contributed by atoms with Crippen LogP contribution < -0.4 is 10.9 Å². The van der Waals surface area contributed by atoms with Gasteiger partial charge in [-0.3, -0.25) is 9.59 Å². The highest BCUT2D eigenvalue weighted by molar-refractivity contribution is 5.94. The number of amides is 1. The van der Waals surface area contributed by atoms with E-state index in [0.29, 0.717) is 18.7 Å². The molecule has 4 aromatic rings. The van der Waals surface area contributed by atoms with Gasteiger partial charge >= 0.3 is 0 Å². The van der Waals surface area contributed by atoms with E-state index in [4.69, 9.17) is 0 Å². The van der Waals surface area contributed by atoms with E-state index in [1.54, 1.807) is 18.3 Å². The van der Waals surface area contributed by atoms with E-state index >= 15 is 0 Å². The van der Waals surface area contributed by atoms with Crippen molar-refractivity contribution in [2.24, 2.45) is 0 Å². The molecule has 8 heteroatoms. The Morgan fingerprint density at radius 1 is 1.12 bits per heavy atom. The number of H-pyrrole nitrogens is 1. The number of hydrogen-bond acceptors (Lipinski definition) is 4. The molecule has 2 N–H and O–H groups in total. The molecule has 0 spiro atoms. The van der Waals surface area contributed by atoms with E-state index in [0.717, 1.165) is 28.8 Å². The summed E-state index contributed by atoms with van der Waals surface area (Å²) in [6, 6.07) is 13.7. The lowest BCUT2D eigenvalue weighted by atomic mass is 9.88. The number of likely N-dealkylation sites (tertiary alicyclic amines) is 1. The summed E-state index contributed by atoms with van der Waals surface area (Å²) in [4.78, 5) is 31.1. The first-order valence-corrected chi connectivity index (χ1v) is 11.2. The standard InChI is InChI=1S/C26H26FN5O2/c1-16-4-5-18(12-17(16)2)22-14-32-23(25(34)28-22)13-21(30-32)24(33)29-26(10-11-31(3)15-26)19-6-8-20(27)9-7-19/h4-9,12-14H,10-11,15H2,1-3H3,(H,28,34)(H,29,33). The molecule has 7 nitrogen and oxygen atoms in total. The fourth-order valence-electron chi connectivity index (χ4n) is 4.63. The van der Waals surface area contributed by atoms with Gasteiger partial charge in [-0.1, -0.05) is 24.3 Å². The first-order chi connectivity index (χ1) is 16.2. The molecule has 5 rings (SSSR count). The number of carbonyl (C=O) groups excluding carboxylic acids is 1. The second-order valence-electron chi connectivity index (χ2n) is 9.19. The Balaban J connectivity index is 1.49. The summed E-state index contributed by atoms with van der Waals surface area (Å²) in [5.41, 5.74) is 4.07. The van der Waals surface area contributed by atoms with Crippen LogP contribution in [0.5, 0.6) is 0 Å². The minimum atomic E-state index is -0.660. The van der Waals surface area contributed by atoms with Crippen molar-refractivity contribution in [3.63, 3.8) is 0 Å². The Bertz CT molecular complexity index is 1460. The Morgan fingerprint density at radius 3 is 2.56 bits per heavy atom. The van der Waals surface area contributed by atoms with Crippen LogP contribution in [-0.4, -0.2) is 45.5 Å². The van der Waals surface area contributed by atoms with Gasteiger partial charge in [-0.25, -0.2) is 8.91 Å². The summed E-state index contributed by atoms with van der Waals surface area (Å²) < 4.78 is 15.0. The maximum absolute atomic E-state index is 13.5. The molecule has 1 saturated heterocycles. The maximum atomic E-state index is 13.5. The molecule has 1 fully saturated rings. The maximum Gasteiger partial charge on any atom is 0.274 e. The second-order valence-corrected chi connectivity index (χ2v) is 9.19. The number of nitrogens with one attached hydrogen (secondary N) is 2. The molecule has 2 aromatic heterocycles. The molecule has 0 radical (unpaired) electrons. The van der Waals surface area contributed by atoms with E-state index in [-0.39, 0.29) is 28.5 Å². The predicted molar refractivity (Wildman–Crippen MR) is 128 cm³/mol. The fourth-order valence-corrected chi connectivity index (χ4v) is 4.63.